The third-order valence-corrected chi connectivity index (χ3v) is 13.2. The number of carbonyl (C=O) groups is 1. The van der Waals surface area contributed by atoms with Gasteiger partial charge in [-0.2, -0.15) is 0 Å². The Morgan fingerprint density at radius 1 is 0.541 bits per heavy atom. The highest BCUT2D eigenvalue weighted by Crippen LogP contribution is 2.43. The number of amides is 1. The fourth-order valence-electron chi connectivity index (χ4n) is 8.04. The third kappa shape index (κ3) is 47.0. The van der Waals surface area contributed by atoms with Gasteiger partial charge in [-0.15, -0.1) is 0 Å². The van der Waals surface area contributed by atoms with Crippen LogP contribution in [0.25, 0.3) is 0 Å². The first kappa shape index (κ1) is 60.2. The van der Waals surface area contributed by atoms with Crippen LogP contribution in [0.15, 0.2) is 12.2 Å². The van der Waals surface area contributed by atoms with Gasteiger partial charge in [0.15, 0.2) is 0 Å². The Morgan fingerprint density at radius 3 is 1.21 bits per heavy atom. The topological polar surface area (TPSA) is 105 Å². The van der Waals surface area contributed by atoms with Gasteiger partial charge in [0.2, 0.25) is 5.91 Å². The SMILES string of the molecule is CCCCCCCCCCCCCCCCCCCC/C=C/C(O)C(COP(=O)(O)OCC[N+](C)(C)C)NC(=O)CCCCCCCCCCCCCCCCCCCCC. The zero-order chi connectivity index (χ0) is 45.0. The van der Waals surface area contributed by atoms with Gasteiger partial charge in [0, 0.05) is 6.42 Å². The highest BCUT2D eigenvalue weighted by molar-refractivity contribution is 7.47. The third-order valence-electron chi connectivity index (χ3n) is 12.3. The second kappa shape index (κ2) is 44.4. The van der Waals surface area contributed by atoms with Gasteiger partial charge in [0.1, 0.15) is 13.2 Å². The minimum absolute atomic E-state index is 0.0650. The van der Waals surface area contributed by atoms with Crippen molar-refractivity contribution in [2.75, 3.05) is 40.9 Å². The van der Waals surface area contributed by atoms with Gasteiger partial charge >= 0.3 is 7.82 Å². The van der Waals surface area contributed by atoms with Gasteiger partial charge in [-0.1, -0.05) is 251 Å². The van der Waals surface area contributed by atoms with Crippen LogP contribution in [-0.4, -0.2) is 73.4 Å². The van der Waals surface area contributed by atoms with Gasteiger partial charge in [0.05, 0.1) is 39.9 Å². The van der Waals surface area contributed by atoms with Gasteiger partial charge in [-0.05, 0) is 19.3 Å². The smallest absolute Gasteiger partial charge is 0.387 e. The number of rotatable bonds is 49. The van der Waals surface area contributed by atoms with E-state index in [1.807, 2.05) is 27.2 Å². The van der Waals surface area contributed by atoms with Crippen molar-refractivity contribution in [3.05, 3.63) is 12.2 Å². The van der Waals surface area contributed by atoms with Gasteiger partial charge in [-0.25, -0.2) is 4.57 Å². The molecule has 0 spiro atoms. The van der Waals surface area contributed by atoms with Crippen LogP contribution in [0.4, 0.5) is 0 Å². The van der Waals surface area contributed by atoms with E-state index in [-0.39, 0.29) is 19.1 Å². The molecule has 0 aliphatic rings. The maximum Gasteiger partial charge on any atom is 0.472 e. The summed E-state index contributed by atoms with van der Waals surface area (Å²) in [7, 11) is 1.59. The molecule has 0 aromatic heterocycles. The maximum atomic E-state index is 12.9. The molecule has 0 saturated carbocycles. The number of nitrogens with one attached hydrogen (secondary N) is 1. The van der Waals surface area contributed by atoms with Crippen LogP contribution in [0, 0.1) is 0 Å². The Balaban J connectivity index is 4.26. The Kier molecular flexibility index (Phi) is 43.9. The lowest BCUT2D eigenvalue weighted by atomic mass is 10.0. The summed E-state index contributed by atoms with van der Waals surface area (Å²) in [6.07, 6.45) is 52.9. The molecule has 3 atom stereocenters. The molecular weight excluding hydrogens is 780 g/mol. The number of likely N-dealkylation sites (N-methyl/N-ethyl adjacent to an activating group) is 1. The predicted molar refractivity (Wildman–Crippen MR) is 263 cm³/mol. The van der Waals surface area contributed by atoms with Gasteiger partial charge < -0.3 is 19.8 Å². The second-order valence-corrected chi connectivity index (χ2v) is 21.1. The Labute approximate surface area is 380 Å². The van der Waals surface area contributed by atoms with Crippen molar-refractivity contribution in [1.82, 2.24) is 5.32 Å². The Morgan fingerprint density at radius 2 is 0.869 bits per heavy atom. The van der Waals surface area contributed by atoms with Crippen molar-refractivity contribution >= 4 is 13.7 Å². The largest absolute Gasteiger partial charge is 0.472 e. The molecule has 0 bridgehead atoms. The first-order valence-electron chi connectivity index (χ1n) is 26.6. The number of allylic oxidation sites excluding steroid dienone is 1. The molecule has 9 heteroatoms. The van der Waals surface area contributed by atoms with Crippen molar-refractivity contribution in [2.24, 2.45) is 0 Å². The minimum atomic E-state index is -4.34. The van der Waals surface area contributed by atoms with Crippen LogP contribution in [0.2, 0.25) is 0 Å². The van der Waals surface area contributed by atoms with Crippen molar-refractivity contribution in [3.63, 3.8) is 0 Å². The zero-order valence-electron chi connectivity index (χ0n) is 41.4. The van der Waals surface area contributed by atoms with E-state index >= 15 is 0 Å². The molecule has 0 aromatic carbocycles. The first-order chi connectivity index (χ1) is 29.5. The summed E-state index contributed by atoms with van der Waals surface area (Å²) in [5.41, 5.74) is 0. The molecule has 3 N–H and O–H groups in total. The minimum Gasteiger partial charge on any atom is -0.387 e. The molecule has 0 saturated heterocycles. The average Bonchev–Trinajstić information content (AvgIpc) is 3.21. The standard InChI is InChI=1S/C52H105N2O6P/c1-6-8-10-12-14-16-18-20-22-24-26-28-29-31-33-35-37-39-41-43-45-51(55)50(49-60-61(57,58)59-48-47-54(3,4)5)53-52(56)46-44-42-40-38-36-34-32-30-27-25-23-21-19-17-15-13-11-9-7-2/h43,45,50-51,55H,6-42,44,46-49H2,1-5H3,(H-,53,56,57,58)/p+1/b45-43+. The number of nitrogens with zero attached hydrogens (tertiary/aromatic N) is 1. The number of phosphoric acid groups is 1. The van der Waals surface area contributed by atoms with Crippen LogP contribution in [0.1, 0.15) is 264 Å². The molecule has 3 unspecified atom stereocenters. The summed E-state index contributed by atoms with van der Waals surface area (Å²) < 4.78 is 23.7. The summed E-state index contributed by atoms with van der Waals surface area (Å²) >= 11 is 0. The van der Waals surface area contributed by atoms with Crippen LogP contribution in [-0.2, 0) is 18.4 Å². The molecular formula is C52H106N2O6P+. The highest BCUT2D eigenvalue weighted by atomic mass is 31.2. The summed E-state index contributed by atoms with van der Waals surface area (Å²) in [5, 5.41) is 13.9. The van der Waals surface area contributed by atoms with Crippen LogP contribution in [0.3, 0.4) is 0 Å². The van der Waals surface area contributed by atoms with Crippen molar-refractivity contribution in [3.8, 4) is 0 Å². The molecule has 0 fully saturated rings. The molecule has 0 aromatic rings. The van der Waals surface area contributed by atoms with Crippen LogP contribution in [0.5, 0.6) is 0 Å². The highest BCUT2D eigenvalue weighted by Gasteiger charge is 2.27. The first-order valence-corrected chi connectivity index (χ1v) is 28.1. The lowest BCUT2D eigenvalue weighted by Gasteiger charge is -2.25. The predicted octanol–water partition coefficient (Wildman–Crippen LogP) is 15.5. The number of phosphoric ester groups is 1. The number of aliphatic hydroxyl groups is 1. The molecule has 364 valence electrons. The Hall–Kier alpha value is -0.760. The lowest BCUT2D eigenvalue weighted by molar-refractivity contribution is -0.870. The molecule has 0 radical (unpaired) electrons. The summed E-state index contributed by atoms with van der Waals surface area (Å²) in [6, 6.07) is -0.841. The average molecular weight is 886 g/mol. The van der Waals surface area contributed by atoms with Gasteiger partial charge in [-0.3, -0.25) is 13.8 Å². The summed E-state index contributed by atoms with van der Waals surface area (Å²) in [4.78, 5) is 23.2. The van der Waals surface area contributed by atoms with Crippen molar-refractivity contribution in [1.29, 1.82) is 0 Å². The normalized spacial score (nSPS) is 14.1. The lowest BCUT2D eigenvalue weighted by Crippen LogP contribution is -2.45. The number of hydrogen-bond acceptors (Lipinski definition) is 5. The van der Waals surface area contributed by atoms with Crippen LogP contribution >= 0.6 is 7.82 Å². The molecule has 0 rings (SSSR count). The van der Waals surface area contributed by atoms with E-state index < -0.39 is 20.0 Å². The van der Waals surface area contributed by atoms with Crippen molar-refractivity contribution in [2.45, 2.75) is 276 Å². The molecule has 8 nitrogen and oxygen atoms in total. The van der Waals surface area contributed by atoms with E-state index in [0.717, 1.165) is 32.1 Å². The summed E-state index contributed by atoms with van der Waals surface area (Å²) in [6.45, 7) is 4.86. The fourth-order valence-corrected chi connectivity index (χ4v) is 8.78. The number of hydrogen-bond donors (Lipinski definition) is 3. The number of aliphatic hydroxyl groups excluding tert-OH is 1. The van der Waals surface area contributed by atoms with E-state index in [1.54, 1.807) is 6.08 Å². The van der Waals surface area contributed by atoms with E-state index in [1.165, 1.54) is 212 Å². The summed E-state index contributed by atoms with van der Waals surface area (Å²) in [5.74, 6) is -0.171. The number of unbranched alkanes of at least 4 members (excludes halogenated alkanes) is 36. The molecule has 0 heterocycles. The second-order valence-electron chi connectivity index (χ2n) is 19.6. The molecule has 0 aliphatic carbocycles. The zero-order valence-corrected chi connectivity index (χ0v) is 42.3. The van der Waals surface area contributed by atoms with E-state index in [2.05, 4.69) is 19.2 Å². The van der Waals surface area contributed by atoms with Crippen LogP contribution < -0.4 is 5.32 Å². The van der Waals surface area contributed by atoms with Crippen molar-refractivity contribution < 1.29 is 32.9 Å². The van der Waals surface area contributed by atoms with E-state index in [0.29, 0.717) is 17.4 Å². The number of quaternary nitrogens is 1. The Bertz CT molecular complexity index is 1000. The monoisotopic (exact) mass is 886 g/mol. The number of carbonyl (C=O) groups excluding carboxylic acids is 1. The fraction of sp³-hybridized carbons (Fsp3) is 0.942. The molecule has 61 heavy (non-hydrogen) atoms. The van der Waals surface area contributed by atoms with Gasteiger partial charge in [0.25, 0.3) is 0 Å². The molecule has 0 aliphatic heterocycles. The maximum absolute atomic E-state index is 12.9. The quantitative estimate of drug-likeness (QED) is 0.0243. The molecule has 1 amide bonds. The van der Waals surface area contributed by atoms with E-state index in [4.69, 9.17) is 9.05 Å². The van der Waals surface area contributed by atoms with E-state index in [9.17, 15) is 19.4 Å².